The molecule has 0 saturated heterocycles. The molecule has 0 aliphatic heterocycles. The van der Waals surface area contributed by atoms with Crippen molar-refractivity contribution in [2.45, 2.75) is 6.54 Å². The van der Waals surface area contributed by atoms with Crippen LogP contribution in [-0.2, 0) is 6.54 Å². The molecule has 0 bridgehead atoms. The molecular weight excluding hydrogens is 288 g/mol. The van der Waals surface area contributed by atoms with E-state index in [-0.39, 0.29) is 6.03 Å². The Labute approximate surface area is 128 Å². The van der Waals surface area contributed by atoms with E-state index in [0.717, 1.165) is 5.56 Å². The first-order valence-corrected chi connectivity index (χ1v) is 7.33. The van der Waals surface area contributed by atoms with Crippen LogP contribution in [0.2, 0.25) is 0 Å². The number of amides is 2. The summed E-state index contributed by atoms with van der Waals surface area (Å²) < 4.78 is 10.4. The molecule has 2 aromatic rings. The lowest BCUT2D eigenvalue weighted by Crippen LogP contribution is -2.30. The van der Waals surface area contributed by atoms with Crippen LogP contribution in [0.1, 0.15) is 5.56 Å². The maximum atomic E-state index is 12.1. The van der Waals surface area contributed by atoms with E-state index in [4.69, 9.17) is 9.47 Å². The molecule has 6 heteroatoms. The van der Waals surface area contributed by atoms with Crippen LogP contribution in [-0.4, -0.2) is 32.2 Å². The van der Waals surface area contributed by atoms with Crippen LogP contribution >= 0.6 is 11.3 Å². The number of nitrogens with zero attached hydrogens (tertiary/aromatic N) is 1. The fraction of sp³-hybridized carbons (Fsp3) is 0.267. The number of ether oxygens (including phenoxy) is 2. The maximum Gasteiger partial charge on any atom is 0.321 e. The number of hydrogen-bond acceptors (Lipinski definition) is 4. The van der Waals surface area contributed by atoms with Gasteiger partial charge in [-0.15, -0.1) is 0 Å². The van der Waals surface area contributed by atoms with E-state index in [2.05, 4.69) is 5.32 Å². The highest BCUT2D eigenvalue weighted by Crippen LogP contribution is 2.29. The fourth-order valence-corrected chi connectivity index (χ4v) is 2.52. The summed E-state index contributed by atoms with van der Waals surface area (Å²) in [7, 11) is 4.89. The second kappa shape index (κ2) is 6.99. The molecule has 0 fully saturated rings. The Morgan fingerprint density at radius 1 is 1.24 bits per heavy atom. The van der Waals surface area contributed by atoms with Crippen molar-refractivity contribution in [3.8, 4) is 11.5 Å². The Kier molecular flexibility index (Phi) is 5.05. The molecule has 1 heterocycles. The zero-order valence-corrected chi connectivity index (χ0v) is 13.1. The average Bonchev–Trinajstić information content (AvgIpc) is 2.99. The van der Waals surface area contributed by atoms with E-state index < -0.39 is 0 Å². The van der Waals surface area contributed by atoms with Crippen LogP contribution in [0.4, 0.5) is 10.5 Å². The average molecular weight is 306 g/mol. The zero-order chi connectivity index (χ0) is 15.2. The molecule has 0 aliphatic rings. The first-order chi connectivity index (χ1) is 10.1. The third kappa shape index (κ3) is 3.88. The lowest BCUT2D eigenvalue weighted by atomic mass is 10.2. The number of carbonyl (C=O) groups excluding carboxylic acids is 1. The van der Waals surface area contributed by atoms with Crippen molar-refractivity contribution in [2.75, 3.05) is 26.6 Å². The van der Waals surface area contributed by atoms with E-state index in [1.54, 1.807) is 55.7 Å². The molecule has 1 N–H and O–H groups in total. The lowest BCUT2D eigenvalue weighted by molar-refractivity contribution is 0.220. The lowest BCUT2D eigenvalue weighted by Gasteiger charge is -2.18. The highest BCUT2D eigenvalue weighted by atomic mass is 32.1. The second-order valence-corrected chi connectivity index (χ2v) is 5.27. The summed E-state index contributed by atoms with van der Waals surface area (Å²) in [6.45, 7) is 0.572. The normalized spacial score (nSPS) is 10.0. The van der Waals surface area contributed by atoms with Gasteiger partial charge in [-0.05, 0) is 34.5 Å². The van der Waals surface area contributed by atoms with Crippen molar-refractivity contribution in [1.82, 2.24) is 4.90 Å². The molecule has 0 atom stereocenters. The molecule has 21 heavy (non-hydrogen) atoms. The van der Waals surface area contributed by atoms with Crippen LogP contribution in [0.25, 0.3) is 0 Å². The molecular formula is C15H18N2O3S. The van der Waals surface area contributed by atoms with Gasteiger partial charge in [0.15, 0.2) is 11.5 Å². The van der Waals surface area contributed by atoms with Gasteiger partial charge in [-0.25, -0.2) is 4.79 Å². The van der Waals surface area contributed by atoms with Crippen LogP contribution in [0.15, 0.2) is 35.0 Å². The summed E-state index contributed by atoms with van der Waals surface area (Å²) in [5.74, 6) is 1.21. The summed E-state index contributed by atoms with van der Waals surface area (Å²) in [5, 5.41) is 6.86. The molecule has 2 amide bonds. The van der Waals surface area contributed by atoms with Gasteiger partial charge in [0.05, 0.1) is 14.2 Å². The van der Waals surface area contributed by atoms with Gasteiger partial charge in [0.1, 0.15) is 0 Å². The smallest absolute Gasteiger partial charge is 0.321 e. The number of thiophene rings is 1. The van der Waals surface area contributed by atoms with Gasteiger partial charge < -0.3 is 19.7 Å². The molecule has 1 aromatic carbocycles. The Morgan fingerprint density at radius 2 is 2.00 bits per heavy atom. The largest absolute Gasteiger partial charge is 0.493 e. The molecule has 0 radical (unpaired) electrons. The summed E-state index contributed by atoms with van der Waals surface area (Å²) in [4.78, 5) is 13.8. The monoisotopic (exact) mass is 306 g/mol. The van der Waals surface area contributed by atoms with Gasteiger partial charge in [0, 0.05) is 25.3 Å². The minimum atomic E-state index is -0.173. The molecule has 2 rings (SSSR count). The Bertz CT molecular complexity index is 599. The van der Waals surface area contributed by atoms with Gasteiger partial charge in [0.2, 0.25) is 0 Å². The van der Waals surface area contributed by atoms with Gasteiger partial charge >= 0.3 is 6.03 Å². The van der Waals surface area contributed by atoms with E-state index >= 15 is 0 Å². The van der Waals surface area contributed by atoms with Crippen molar-refractivity contribution in [3.63, 3.8) is 0 Å². The molecule has 0 aliphatic carbocycles. The van der Waals surface area contributed by atoms with Crippen LogP contribution in [0.3, 0.4) is 0 Å². The first kappa shape index (κ1) is 15.2. The van der Waals surface area contributed by atoms with Crippen LogP contribution < -0.4 is 14.8 Å². The number of carbonyl (C=O) groups is 1. The van der Waals surface area contributed by atoms with Crippen molar-refractivity contribution in [2.24, 2.45) is 0 Å². The third-order valence-corrected chi connectivity index (χ3v) is 3.71. The van der Waals surface area contributed by atoms with E-state index in [9.17, 15) is 4.79 Å². The summed E-state index contributed by atoms with van der Waals surface area (Å²) in [6, 6.07) is 7.10. The minimum Gasteiger partial charge on any atom is -0.493 e. The van der Waals surface area contributed by atoms with Crippen molar-refractivity contribution in [3.05, 3.63) is 40.6 Å². The topological polar surface area (TPSA) is 50.8 Å². The molecule has 0 unspecified atom stereocenters. The zero-order valence-electron chi connectivity index (χ0n) is 12.3. The molecule has 112 valence electrons. The van der Waals surface area contributed by atoms with E-state index in [0.29, 0.717) is 23.7 Å². The number of rotatable bonds is 5. The summed E-state index contributed by atoms with van der Waals surface area (Å²) in [6.07, 6.45) is 0. The fourth-order valence-electron chi connectivity index (χ4n) is 1.86. The van der Waals surface area contributed by atoms with Crippen LogP contribution in [0, 0.1) is 0 Å². The minimum absolute atomic E-state index is 0.173. The molecule has 0 spiro atoms. The Hall–Kier alpha value is -2.21. The highest BCUT2D eigenvalue weighted by Gasteiger charge is 2.11. The second-order valence-electron chi connectivity index (χ2n) is 4.49. The Balaban J connectivity index is 2.01. The predicted molar refractivity (Wildman–Crippen MR) is 84.4 cm³/mol. The van der Waals surface area contributed by atoms with Gasteiger partial charge in [-0.1, -0.05) is 0 Å². The Morgan fingerprint density at radius 3 is 2.62 bits per heavy atom. The SMILES string of the molecule is COc1ccc(NC(=O)N(C)Cc2ccsc2)cc1OC. The number of methoxy groups -OCH3 is 2. The van der Waals surface area contributed by atoms with E-state index in [1.807, 2.05) is 16.8 Å². The maximum absolute atomic E-state index is 12.1. The van der Waals surface area contributed by atoms with Crippen LogP contribution in [0.5, 0.6) is 11.5 Å². The summed E-state index contributed by atoms with van der Waals surface area (Å²) >= 11 is 1.62. The third-order valence-electron chi connectivity index (χ3n) is 2.98. The van der Waals surface area contributed by atoms with Crippen molar-refractivity contribution < 1.29 is 14.3 Å². The first-order valence-electron chi connectivity index (χ1n) is 6.39. The van der Waals surface area contributed by atoms with Gasteiger partial charge in [0.25, 0.3) is 0 Å². The van der Waals surface area contributed by atoms with E-state index in [1.165, 1.54) is 0 Å². The highest BCUT2D eigenvalue weighted by molar-refractivity contribution is 7.07. The van der Waals surface area contributed by atoms with Crippen molar-refractivity contribution in [1.29, 1.82) is 0 Å². The molecule has 5 nitrogen and oxygen atoms in total. The molecule has 1 aromatic heterocycles. The quantitative estimate of drug-likeness (QED) is 0.920. The number of nitrogens with one attached hydrogen (secondary N) is 1. The number of hydrogen-bond donors (Lipinski definition) is 1. The van der Waals surface area contributed by atoms with Gasteiger partial charge in [-0.3, -0.25) is 0 Å². The van der Waals surface area contributed by atoms with Gasteiger partial charge in [-0.2, -0.15) is 11.3 Å². The predicted octanol–water partition coefficient (Wildman–Crippen LogP) is 3.43. The summed E-state index contributed by atoms with van der Waals surface area (Å²) in [5.41, 5.74) is 1.78. The van der Waals surface area contributed by atoms with Crippen molar-refractivity contribution >= 4 is 23.1 Å². The molecule has 0 saturated carbocycles. The number of urea groups is 1. The number of benzene rings is 1. The number of anilines is 1. The standard InChI is InChI=1S/C15H18N2O3S/c1-17(9-11-6-7-21-10-11)15(18)16-12-4-5-13(19-2)14(8-12)20-3/h4-8,10H,9H2,1-3H3,(H,16,18).